The molecule has 0 bridgehead atoms. The molecule has 1 aliphatic heterocycles. The molecule has 25 heavy (non-hydrogen) atoms. The Morgan fingerprint density at radius 3 is 2.32 bits per heavy atom. The van der Waals surface area contributed by atoms with E-state index >= 15 is 0 Å². The molecule has 0 unspecified atom stereocenters. The maximum atomic E-state index is 13.0. The lowest BCUT2D eigenvalue weighted by atomic mass is 10.3. The number of rotatable bonds is 2. The van der Waals surface area contributed by atoms with Gasteiger partial charge in [0.05, 0.1) is 11.4 Å². The van der Waals surface area contributed by atoms with Crippen LogP contribution >= 0.6 is 23.2 Å². The van der Waals surface area contributed by atoms with Crippen molar-refractivity contribution in [3.8, 4) is 0 Å². The number of hydrogen-bond donors (Lipinski definition) is 1. The summed E-state index contributed by atoms with van der Waals surface area (Å²) in [6.45, 7) is 1.44. The number of hydrogen-bond acceptors (Lipinski definition) is 5. The molecule has 132 valence electrons. The van der Waals surface area contributed by atoms with Crippen LogP contribution < -0.4 is 9.44 Å². The van der Waals surface area contributed by atoms with Crippen LogP contribution in [0.25, 0.3) is 0 Å². The molecule has 0 spiro atoms. The maximum Gasteiger partial charge on any atom is 0.271 e. The van der Waals surface area contributed by atoms with E-state index < -0.39 is 24.9 Å². The van der Waals surface area contributed by atoms with Crippen molar-refractivity contribution in [3.63, 3.8) is 0 Å². The molecular weight excluding hydrogens is 409 g/mol. The van der Waals surface area contributed by atoms with Crippen LogP contribution in [-0.4, -0.2) is 22.7 Å². The molecule has 0 saturated carbocycles. The van der Waals surface area contributed by atoms with Gasteiger partial charge >= 0.3 is 0 Å². The summed E-state index contributed by atoms with van der Waals surface area (Å²) in [5, 5.41) is 5.52. The summed E-state index contributed by atoms with van der Waals surface area (Å²) in [5.74, 6) is 0.0574. The van der Waals surface area contributed by atoms with E-state index in [9.17, 15) is 16.8 Å². The second-order valence-electron chi connectivity index (χ2n) is 5.20. The maximum absolute atomic E-state index is 13.0. The van der Waals surface area contributed by atoms with Gasteiger partial charge in [-0.05, 0) is 43.3 Å². The number of halogens is 2. The molecule has 2 aromatic rings. The van der Waals surface area contributed by atoms with Crippen LogP contribution in [0, 0.1) is 0 Å². The van der Waals surface area contributed by atoms with Gasteiger partial charge in [0, 0.05) is 10.0 Å². The summed E-state index contributed by atoms with van der Waals surface area (Å²) < 4.78 is 50.7. The third kappa shape index (κ3) is 3.13. The highest BCUT2D eigenvalue weighted by Gasteiger charge is 2.36. The van der Waals surface area contributed by atoms with Gasteiger partial charge < -0.3 is 0 Å². The highest BCUT2D eigenvalue weighted by Crippen LogP contribution is 2.39. The molecule has 0 saturated heterocycles. The van der Waals surface area contributed by atoms with Crippen molar-refractivity contribution in [1.82, 2.24) is 0 Å². The smallest absolute Gasteiger partial charge is 0.233 e. The van der Waals surface area contributed by atoms with Crippen molar-refractivity contribution in [3.05, 3.63) is 46.4 Å². The van der Waals surface area contributed by atoms with Crippen LogP contribution in [0.3, 0.4) is 0 Å². The average Bonchev–Trinajstić information content (AvgIpc) is 2.48. The molecule has 3 rings (SSSR count). The van der Waals surface area contributed by atoms with Gasteiger partial charge in [-0.25, -0.2) is 31.3 Å². The zero-order valence-corrected chi connectivity index (χ0v) is 15.8. The summed E-state index contributed by atoms with van der Waals surface area (Å²) >= 11 is 11.7. The Labute approximate surface area is 154 Å². The summed E-state index contributed by atoms with van der Waals surface area (Å²) in [7, 11) is -8.38. The molecular formula is C14H11Cl2N3O4S2. The summed E-state index contributed by atoms with van der Waals surface area (Å²) in [6, 6.07) is 7.94. The van der Waals surface area contributed by atoms with Crippen LogP contribution in [-0.2, 0) is 20.0 Å². The van der Waals surface area contributed by atoms with Gasteiger partial charge in [-0.1, -0.05) is 23.2 Å². The van der Waals surface area contributed by atoms with Crippen molar-refractivity contribution >= 4 is 60.5 Å². The SMILES string of the molecule is CC1=Nc2ccc(Cl)cc2S(=O)(=O)N1c1ccc(Cl)cc1S(N)(=O)=O. The molecule has 2 aromatic carbocycles. The fourth-order valence-electron chi connectivity index (χ4n) is 2.47. The molecule has 1 aliphatic rings. The molecule has 0 radical (unpaired) electrons. The average molecular weight is 420 g/mol. The van der Waals surface area contributed by atoms with Crippen LogP contribution in [0.2, 0.25) is 10.0 Å². The number of primary sulfonamides is 1. The van der Waals surface area contributed by atoms with Crippen LogP contribution in [0.5, 0.6) is 0 Å². The van der Waals surface area contributed by atoms with Gasteiger partial charge in [0.15, 0.2) is 0 Å². The topological polar surface area (TPSA) is 110 Å². The standard InChI is InChI=1S/C14H11Cl2N3O4S2/c1-8-18-11-4-2-9(15)6-13(11)25(22,23)19(8)12-5-3-10(16)7-14(12)24(17,20)21/h2-7H,1H3,(H2,17,20,21). The Bertz CT molecular complexity index is 1130. The molecule has 1 heterocycles. The van der Waals surface area contributed by atoms with Crippen molar-refractivity contribution in [2.45, 2.75) is 16.7 Å². The molecule has 0 amide bonds. The number of anilines is 1. The van der Waals surface area contributed by atoms with Gasteiger partial charge in [-0.3, -0.25) is 0 Å². The van der Waals surface area contributed by atoms with Crippen LogP contribution in [0.4, 0.5) is 11.4 Å². The lowest BCUT2D eigenvalue weighted by Crippen LogP contribution is -2.38. The Morgan fingerprint density at radius 1 is 1.08 bits per heavy atom. The Kier molecular flexibility index (Phi) is 4.33. The minimum absolute atomic E-state index is 0.0574. The fourth-order valence-corrected chi connectivity index (χ4v) is 5.40. The largest absolute Gasteiger partial charge is 0.271 e. The minimum Gasteiger partial charge on any atom is -0.233 e. The lowest BCUT2D eigenvalue weighted by molar-refractivity contribution is 0.595. The van der Waals surface area contributed by atoms with Crippen LogP contribution in [0.15, 0.2) is 51.2 Å². The molecule has 11 heteroatoms. The zero-order valence-electron chi connectivity index (χ0n) is 12.6. The van der Waals surface area contributed by atoms with Gasteiger partial charge in [0.25, 0.3) is 10.0 Å². The first-order valence-electron chi connectivity index (χ1n) is 6.74. The Hall–Kier alpha value is -1.65. The normalized spacial score (nSPS) is 16.3. The summed E-state index contributed by atoms with van der Waals surface area (Å²) in [4.78, 5) is 3.66. The number of fused-ring (bicyclic) bond motifs is 1. The number of nitrogens with two attached hydrogens (primary N) is 1. The van der Waals surface area contributed by atoms with E-state index in [1.807, 2.05) is 0 Å². The van der Waals surface area contributed by atoms with Crippen LogP contribution in [0.1, 0.15) is 6.92 Å². The van der Waals surface area contributed by atoms with Crippen molar-refractivity contribution in [1.29, 1.82) is 0 Å². The first-order chi connectivity index (χ1) is 11.5. The molecule has 0 fully saturated rings. The summed E-state index contributed by atoms with van der Waals surface area (Å²) in [5.41, 5.74) is 0.0445. The van der Waals surface area contributed by atoms with Gasteiger partial charge in [-0.2, -0.15) is 0 Å². The van der Waals surface area contributed by atoms with Crippen molar-refractivity contribution in [2.75, 3.05) is 4.31 Å². The molecule has 0 atom stereocenters. The fraction of sp³-hybridized carbons (Fsp3) is 0.0714. The predicted octanol–water partition coefficient (Wildman–Crippen LogP) is 2.90. The first kappa shape index (κ1) is 18.2. The zero-order chi connectivity index (χ0) is 18.6. The van der Waals surface area contributed by atoms with E-state index in [2.05, 4.69) is 4.99 Å². The van der Waals surface area contributed by atoms with Gasteiger partial charge in [-0.15, -0.1) is 0 Å². The molecule has 2 N–H and O–H groups in total. The third-order valence-corrected chi connectivity index (χ3v) is 6.70. The summed E-state index contributed by atoms with van der Waals surface area (Å²) in [6.07, 6.45) is 0. The highest BCUT2D eigenvalue weighted by molar-refractivity contribution is 7.94. The highest BCUT2D eigenvalue weighted by atomic mass is 35.5. The van der Waals surface area contributed by atoms with Crippen molar-refractivity contribution < 1.29 is 16.8 Å². The minimum atomic E-state index is -4.24. The molecule has 7 nitrogen and oxygen atoms in total. The van der Waals surface area contributed by atoms with E-state index in [-0.39, 0.29) is 32.2 Å². The third-order valence-electron chi connectivity index (χ3n) is 3.46. The van der Waals surface area contributed by atoms with Gasteiger partial charge in [0.1, 0.15) is 15.6 Å². The Balaban J connectivity index is 2.34. The van der Waals surface area contributed by atoms with E-state index in [0.717, 1.165) is 10.4 Å². The van der Waals surface area contributed by atoms with Crippen molar-refractivity contribution in [2.24, 2.45) is 10.1 Å². The van der Waals surface area contributed by atoms with E-state index in [1.54, 1.807) is 0 Å². The monoisotopic (exact) mass is 419 g/mol. The van der Waals surface area contributed by atoms with E-state index in [0.29, 0.717) is 0 Å². The lowest BCUT2D eigenvalue weighted by Gasteiger charge is -2.29. The number of benzene rings is 2. The number of nitrogens with zero attached hydrogens (tertiary/aromatic N) is 2. The quantitative estimate of drug-likeness (QED) is 0.806. The van der Waals surface area contributed by atoms with E-state index in [4.69, 9.17) is 28.3 Å². The predicted molar refractivity (Wildman–Crippen MR) is 96.7 cm³/mol. The molecule has 0 aliphatic carbocycles. The number of aliphatic imine (C=N–C) groups is 1. The second-order valence-corrected chi connectivity index (χ2v) is 9.36. The molecule has 0 aromatic heterocycles. The second kappa shape index (κ2) is 5.96. The number of sulfonamides is 2. The number of amidine groups is 1. The Morgan fingerprint density at radius 2 is 1.68 bits per heavy atom. The van der Waals surface area contributed by atoms with E-state index in [1.165, 1.54) is 37.3 Å². The van der Waals surface area contributed by atoms with Gasteiger partial charge in [0.2, 0.25) is 10.0 Å². The first-order valence-corrected chi connectivity index (χ1v) is 10.5.